The molecule has 0 radical (unpaired) electrons. The number of aromatic nitrogens is 2. The lowest BCUT2D eigenvalue weighted by Crippen LogP contribution is -2.34. The molecule has 1 heterocycles. The van der Waals surface area contributed by atoms with Crippen molar-refractivity contribution in [1.29, 1.82) is 0 Å². The van der Waals surface area contributed by atoms with Crippen LogP contribution in [0.15, 0.2) is 64.1 Å². The highest BCUT2D eigenvalue weighted by molar-refractivity contribution is 7.99. The first-order valence-electron chi connectivity index (χ1n) is 8.25. The van der Waals surface area contributed by atoms with Crippen LogP contribution in [-0.2, 0) is 4.79 Å². The van der Waals surface area contributed by atoms with Crippen LogP contribution in [0.3, 0.4) is 0 Å². The Morgan fingerprint density at radius 2 is 1.86 bits per heavy atom. The van der Waals surface area contributed by atoms with Gasteiger partial charge in [-0.2, -0.15) is 0 Å². The van der Waals surface area contributed by atoms with Gasteiger partial charge in [0.1, 0.15) is 0 Å². The van der Waals surface area contributed by atoms with Crippen molar-refractivity contribution in [3.8, 4) is 17.4 Å². The number of benzene rings is 2. The Hall–Kier alpha value is -3.21. The molecule has 1 N–H and O–H groups in total. The van der Waals surface area contributed by atoms with E-state index in [-0.39, 0.29) is 22.9 Å². The van der Waals surface area contributed by atoms with Crippen molar-refractivity contribution in [2.75, 3.05) is 11.1 Å². The van der Waals surface area contributed by atoms with Gasteiger partial charge in [0, 0.05) is 24.3 Å². The van der Waals surface area contributed by atoms with E-state index in [2.05, 4.69) is 19.8 Å². The molecule has 3 aromatic rings. The number of nitrogens with zero attached hydrogens (tertiary/aromatic N) is 2. The summed E-state index contributed by atoms with van der Waals surface area (Å²) in [5.41, 5.74) is 0.511. The molecule has 0 aliphatic heterocycles. The highest BCUT2D eigenvalue weighted by Gasteiger charge is 2.32. The zero-order valence-electron chi connectivity index (χ0n) is 14.7. The van der Waals surface area contributed by atoms with Gasteiger partial charge in [0.05, 0.1) is 11.0 Å². The van der Waals surface area contributed by atoms with Crippen LogP contribution in [0, 0.1) is 0 Å². The first-order chi connectivity index (χ1) is 13.8. The number of amides is 1. The fourth-order valence-corrected chi connectivity index (χ4v) is 3.23. The normalized spacial score (nSPS) is 11.3. The minimum absolute atomic E-state index is 0.0651. The van der Waals surface area contributed by atoms with Crippen molar-refractivity contribution in [1.82, 2.24) is 5.27 Å². The summed E-state index contributed by atoms with van der Waals surface area (Å²) in [6, 6.07) is 14.0. The van der Waals surface area contributed by atoms with Gasteiger partial charge in [-0.3, -0.25) is 4.79 Å². The zero-order valence-corrected chi connectivity index (χ0v) is 15.5. The summed E-state index contributed by atoms with van der Waals surface area (Å²) in [4.78, 5) is 12.1. The second kappa shape index (κ2) is 8.86. The predicted octanol–water partition coefficient (Wildman–Crippen LogP) is 3.04. The molecule has 2 aromatic carbocycles. The molecular weight excluding hydrogens is 411 g/mol. The molecule has 0 atom stereocenters. The Bertz CT molecular complexity index is 980. The number of carbonyl (C=O) groups excluding carboxylic acids is 1. The standard InChI is InChI=1S/C18H14F3N3O4S/c19-18(20,21)27-14-9-5-4-8-13(14)22-15(25)10-11-29-16-17(26)28-23-24(16)12-6-2-1-3-7-12/h1-9H,10-11H2,(H-,22,23,25,26). The predicted molar refractivity (Wildman–Crippen MR) is 94.6 cm³/mol. The third-order valence-corrected chi connectivity index (χ3v) is 4.55. The van der Waals surface area contributed by atoms with Gasteiger partial charge in [0.25, 0.3) is 5.03 Å². The van der Waals surface area contributed by atoms with Crippen LogP contribution < -0.4 is 19.8 Å². The number of anilines is 1. The van der Waals surface area contributed by atoms with Gasteiger partial charge < -0.3 is 19.7 Å². The van der Waals surface area contributed by atoms with E-state index in [4.69, 9.17) is 0 Å². The molecule has 0 aliphatic rings. The molecular formula is C18H14F3N3O4S. The number of nitrogens with one attached hydrogen (secondary N) is 1. The molecule has 1 aromatic heterocycles. The van der Waals surface area contributed by atoms with Gasteiger partial charge in [-0.25, -0.2) is 0 Å². The van der Waals surface area contributed by atoms with Crippen LogP contribution in [0.1, 0.15) is 6.42 Å². The van der Waals surface area contributed by atoms with E-state index in [9.17, 15) is 23.1 Å². The van der Waals surface area contributed by atoms with Crippen molar-refractivity contribution in [2.24, 2.45) is 0 Å². The molecule has 0 spiro atoms. The quantitative estimate of drug-likeness (QED) is 0.462. The van der Waals surface area contributed by atoms with E-state index in [1.807, 2.05) is 0 Å². The zero-order chi connectivity index (χ0) is 20.9. The lowest BCUT2D eigenvalue weighted by Gasteiger charge is -2.13. The van der Waals surface area contributed by atoms with E-state index < -0.39 is 24.0 Å². The third-order valence-electron chi connectivity index (χ3n) is 3.53. The van der Waals surface area contributed by atoms with Gasteiger partial charge >= 0.3 is 6.36 Å². The number of para-hydroxylation sites is 3. The Labute approximate surface area is 167 Å². The number of ether oxygens (including phenoxy) is 1. The highest BCUT2D eigenvalue weighted by Crippen LogP contribution is 2.30. The molecule has 1 amide bonds. The van der Waals surface area contributed by atoms with Crippen LogP contribution >= 0.6 is 11.8 Å². The topological polar surface area (TPSA) is 91.3 Å². The fraction of sp³-hybridized carbons (Fsp3) is 0.167. The monoisotopic (exact) mass is 425 g/mol. The summed E-state index contributed by atoms with van der Waals surface area (Å²) in [5, 5.41) is 18.1. The van der Waals surface area contributed by atoms with Crippen molar-refractivity contribution < 1.29 is 37.0 Å². The van der Waals surface area contributed by atoms with E-state index in [0.717, 1.165) is 17.8 Å². The van der Waals surface area contributed by atoms with E-state index in [1.54, 1.807) is 30.3 Å². The number of thioether (sulfide) groups is 1. The van der Waals surface area contributed by atoms with Crippen LogP contribution in [0.25, 0.3) is 5.69 Å². The molecule has 3 rings (SSSR count). The Kier molecular flexibility index (Phi) is 6.27. The van der Waals surface area contributed by atoms with Gasteiger partial charge in [-0.1, -0.05) is 42.1 Å². The molecule has 11 heteroatoms. The summed E-state index contributed by atoms with van der Waals surface area (Å²) in [6.07, 6.45) is -4.94. The number of halogens is 3. The molecule has 0 unspecified atom stereocenters. The number of rotatable bonds is 7. The van der Waals surface area contributed by atoms with Gasteiger partial charge in [0.2, 0.25) is 11.6 Å². The minimum Gasteiger partial charge on any atom is -0.538 e. The fourth-order valence-electron chi connectivity index (χ4n) is 2.33. The molecule has 7 nitrogen and oxygen atoms in total. The first-order valence-corrected chi connectivity index (χ1v) is 9.24. The van der Waals surface area contributed by atoms with Crippen molar-refractivity contribution in [3.05, 3.63) is 54.6 Å². The number of hydrogen-bond donors (Lipinski definition) is 1. The lowest BCUT2D eigenvalue weighted by molar-refractivity contribution is -0.705. The Morgan fingerprint density at radius 1 is 1.17 bits per heavy atom. The molecule has 152 valence electrons. The summed E-state index contributed by atoms with van der Waals surface area (Å²) < 4.78 is 47.2. The molecule has 29 heavy (non-hydrogen) atoms. The molecule has 0 saturated carbocycles. The molecule has 0 fully saturated rings. The maximum atomic E-state index is 12.4. The number of hydrogen-bond acceptors (Lipinski definition) is 6. The van der Waals surface area contributed by atoms with Crippen LogP contribution in [0.4, 0.5) is 18.9 Å². The molecule has 0 saturated heterocycles. The average molecular weight is 425 g/mol. The second-order valence-electron chi connectivity index (χ2n) is 5.60. The SMILES string of the molecule is O=C(CCSc1c([O-])on[n+]1-c1ccccc1)Nc1ccccc1OC(F)(F)F. The Balaban J connectivity index is 1.60. The number of carbonyl (C=O) groups is 1. The summed E-state index contributed by atoms with van der Waals surface area (Å²) in [5.74, 6) is -1.52. The Morgan fingerprint density at radius 3 is 2.59 bits per heavy atom. The van der Waals surface area contributed by atoms with Gasteiger partial charge in [-0.05, 0) is 16.8 Å². The first kappa shape index (κ1) is 20.5. The van der Waals surface area contributed by atoms with Crippen molar-refractivity contribution in [2.45, 2.75) is 17.8 Å². The maximum absolute atomic E-state index is 12.4. The second-order valence-corrected chi connectivity index (χ2v) is 6.69. The summed E-state index contributed by atoms with van der Waals surface area (Å²) in [6.45, 7) is 0. The number of alkyl halides is 3. The smallest absolute Gasteiger partial charge is 0.538 e. The molecule has 0 bridgehead atoms. The maximum Gasteiger partial charge on any atom is 0.573 e. The van der Waals surface area contributed by atoms with Crippen molar-refractivity contribution >= 4 is 23.4 Å². The largest absolute Gasteiger partial charge is 0.573 e. The summed E-state index contributed by atoms with van der Waals surface area (Å²) in [7, 11) is 0. The van der Waals surface area contributed by atoms with Crippen LogP contribution in [-0.4, -0.2) is 23.3 Å². The molecule has 0 aliphatic carbocycles. The lowest BCUT2D eigenvalue weighted by atomic mass is 10.3. The summed E-state index contributed by atoms with van der Waals surface area (Å²) >= 11 is 1.05. The van der Waals surface area contributed by atoms with E-state index in [1.165, 1.54) is 22.9 Å². The van der Waals surface area contributed by atoms with E-state index >= 15 is 0 Å². The third kappa shape index (κ3) is 5.64. The van der Waals surface area contributed by atoms with Gasteiger partial charge in [0.15, 0.2) is 11.7 Å². The van der Waals surface area contributed by atoms with Crippen LogP contribution in [0.2, 0.25) is 0 Å². The van der Waals surface area contributed by atoms with Crippen LogP contribution in [0.5, 0.6) is 11.7 Å². The highest BCUT2D eigenvalue weighted by atomic mass is 32.2. The van der Waals surface area contributed by atoms with E-state index in [0.29, 0.717) is 5.69 Å². The average Bonchev–Trinajstić information content (AvgIpc) is 3.04. The minimum atomic E-state index is -4.87. The van der Waals surface area contributed by atoms with Gasteiger partial charge in [-0.15, -0.1) is 13.2 Å². The van der Waals surface area contributed by atoms with Crippen molar-refractivity contribution in [3.63, 3.8) is 0 Å².